The molecule has 0 aliphatic carbocycles. The average Bonchev–Trinajstić information content (AvgIpc) is 2.38. The summed E-state index contributed by atoms with van der Waals surface area (Å²) >= 11 is 0. The number of amides is 1. The summed E-state index contributed by atoms with van der Waals surface area (Å²) < 4.78 is 26.1. The van der Waals surface area contributed by atoms with Gasteiger partial charge in [0.2, 0.25) is 5.91 Å². The standard InChI is InChI=1S/C14H17NO3S/c1-3-12-5-4-6-14(16)15(12)19(17,18)13-9-7-11(2)8-10-13/h3,7-10,12H,1,4-6H2,2H3. The molecule has 0 bridgehead atoms. The zero-order chi connectivity index (χ0) is 14.0. The Morgan fingerprint density at radius 2 is 1.95 bits per heavy atom. The molecule has 1 aliphatic rings. The summed E-state index contributed by atoms with van der Waals surface area (Å²) in [5.41, 5.74) is 0.976. The maximum Gasteiger partial charge on any atom is 0.267 e. The Morgan fingerprint density at radius 3 is 2.53 bits per heavy atom. The van der Waals surface area contributed by atoms with Gasteiger partial charge in [0.1, 0.15) is 0 Å². The van der Waals surface area contributed by atoms with Gasteiger partial charge >= 0.3 is 0 Å². The van der Waals surface area contributed by atoms with Crippen molar-refractivity contribution in [2.24, 2.45) is 0 Å². The number of benzene rings is 1. The van der Waals surface area contributed by atoms with Crippen LogP contribution >= 0.6 is 0 Å². The number of carbonyl (C=O) groups is 1. The lowest BCUT2D eigenvalue weighted by atomic mass is 10.0. The lowest BCUT2D eigenvalue weighted by molar-refractivity contribution is -0.129. The van der Waals surface area contributed by atoms with Gasteiger partial charge in [-0.15, -0.1) is 6.58 Å². The van der Waals surface area contributed by atoms with Gasteiger partial charge in [0.05, 0.1) is 10.9 Å². The molecule has 102 valence electrons. The molecule has 1 heterocycles. The third-order valence-electron chi connectivity index (χ3n) is 3.29. The highest BCUT2D eigenvalue weighted by molar-refractivity contribution is 7.89. The first-order valence-corrected chi connectivity index (χ1v) is 7.67. The molecule has 1 unspecified atom stereocenters. The van der Waals surface area contributed by atoms with Gasteiger partial charge in [-0.2, -0.15) is 0 Å². The van der Waals surface area contributed by atoms with Crippen molar-refractivity contribution in [3.8, 4) is 0 Å². The molecule has 0 aromatic heterocycles. The maximum absolute atomic E-state index is 12.5. The molecule has 2 rings (SSSR count). The SMILES string of the molecule is C=CC1CCCC(=O)N1S(=O)(=O)c1ccc(C)cc1. The summed E-state index contributed by atoms with van der Waals surface area (Å²) in [6.07, 6.45) is 3.15. The van der Waals surface area contributed by atoms with Crippen molar-refractivity contribution in [3.63, 3.8) is 0 Å². The molecule has 1 amide bonds. The van der Waals surface area contributed by atoms with E-state index in [1.165, 1.54) is 18.2 Å². The van der Waals surface area contributed by atoms with Crippen LogP contribution in [0.4, 0.5) is 0 Å². The fraction of sp³-hybridized carbons (Fsp3) is 0.357. The highest BCUT2D eigenvalue weighted by Gasteiger charge is 2.36. The van der Waals surface area contributed by atoms with Crippen molar-refractivity contribution in [2.45, 2.75) is 37.1 Å². The fourth-order valence-electron chi connectivity index (χ4n) is 2.22. The number of sulfonamides is 1. The quantitative estimate of drug-likeness (QED) is 0.797. The van der Waals surface area contributed by atoms with Gasteiger partial charge in [0.15, 0.2) is 0 Å². The van der Waals surface area contributed by atoms with E-state index in [4.69, 9.17) is 0 Å². The maximum atomic E-state index is 12.5. The second kappa shape index (κ2) is 5.17. The van der Waals surface area contributed by atoms with Gasteiger partial charge in [-0.25, -0.2) is 12.7 Å². The van der Waals surface area contributed by atoms with E-state index in [-0.39, 0.29) is 17.2 Å². The first kappa shape index (κ1) is 13.8. The van der Waals surface area contributed by atoms with Gasteiger partial charge in [-0.05, 0) is 31.9 Å². The number of nitrogens with zero attached hydrogens (tertiary/aromatic N) is 1. The highest BCUT2D eigenvalue weighted by Crippen LogP contribution is 2.26. The average molecular weight is 279 g/mol. The number of carbonyl (C=O) groups excluding carboxylic acids is 1. The Labute approximate surface area is 113 Å². The van der Waals surface area contributed by atoms with Crippen molar-refractivity contribution < 1.29 is 13.2 Å². The molecule has 1 aromatic rings. The van der Waals surface area contributed by atoms with E-state index in [9.17, 15) is 13.2 Å². The van der Waals surface area contributed by atoms with E-state index in [2.05, 4.69) is 6.58 Å². The first-order chi connectivity index (χ1) is 8.96. The number of piperidine rings is 1. The van der Waals surface area contributed by atoms with E-state index in [1.54, 1.807) is 12.1 Å². The lowest BCUT2D eigenvalue weighted by Crippen LogP contribution is -2.46. The van der Waals surface area contributed by atoms with Gasteiger partial charge in [0, 0.05) is 6.42 Å². The third-order valence-corrected chi connectivity index (χ3v) is 5.15. The van der Waals surface area contributed by atoms with Crippen LogP contribution in [0.5, 0.6) is 0 Å². The summed E-state index contributed by atoms with van der Waals surface area (Å²) in [5, 5.41) is 0. The second-order valence-corrected chi connectivity index (χ2v) is 6.52. The van der Waals surface area contributed by atoms with Crippen LogP contribution in [0, 0.1) is 6.92 Å². The zero-order valence-corrected chi connectivity index (χ0v) is 11.7. The molecule has 1 saturated heterocycles. The molecule has 0 spiro atoms. The van der Waals surface area contributed by atoms with E-state index < -0.39 is 16.1 Å². The van der Waals surface area contributed by atoms with Crippen LogP contribution in [0.3, 0.4) is 0 Å². The minimum atomic E-state index is -3.78. The molecule has 1 aromatic carbocycles. The monoisotopic (exact) mass is 279 g/mol. The molecular formula is C14H17NO3S. The van der Waals surface area contributed by atoms with E-state index in [0.29, 0.717) is 12.8 Å². The van der Waals surface area contributed by atoms with Crippen LogP contribution in [-0.4, -0.2) is 24.7 Å². The van der Waals surface area contributed by atoms with Crippen LogP contribution in [-0.2, 0) is 14.8 Å². The van der Waals surface area contributed by atoms with Crippen molar-refractivity contribution in [1.29, 1.82) is 0 Å². The van der Waals surface area contributed by atoms with Crippen LogP contribution in [0.15, 0.2) is 41.8 Å². The number of rotatable bonds is 3. The van der Waals surface area contributed by atoms with E-state index >= 15 is 0 Å². The summed E-state index contributed by atoms with van der Waals surface area (Å²) in [6, 6.07) is 6.08. The Hall–Kier alpha value is -1.62. The molecule has 5 heteroatoms. The van der Waals surface area contributed by atoms with Gasteiger partial charge in [-0.1, -0.05) is 23.8 Å². The Bertz CT molecular complexity index is 590. The predicted octanol–water partition coefficient (Wildman–Crippen LogP) is 2.25. The van der Waals surface area contributed by atoms with Crippen LogP contribution in [0.25, 0.3) is 0 Å². The Kier molecular flexibility index (Phi) is 3.75. The number of hydrogen-bond donors (Lipinski definition) is 0. The Morgan fingerprint density at radius 1 is 1.32 bits per heavy atom. The van der Waals surface area contributed by atoms with Gasteiger partial charge < -0.3 is 0 Å². The summed E-state index contributed by atoms with van der Waals surface area (Å²) in [6.45, 7) is 5.52. The normalized spacial score (nSPS) is 20.4. The first-order valence-electron chi connectivity index (χ1n) is 6.23. The van der Waals surface area contributed by atoms with Crippen LogP contribution in [0.1, 0.15) is 24.8 Å². The molecule has 1 atom stereocenters. The highest BCUT2D eigenvalue weighted by atomic mass is 32.2. The summed E-state index contributed by atoms with van der Waals surface area (Å²) in [5.74, 6) is -0.350. The van der Waals surface area contributed by atoms with Gasteiger partial charge in [0.25, 0.3) is 10.0 Å². The molecule has 0 N–H and O–H groups in total. The topological polar surface area (TPSA) is 54.5 Å². The van der Waals surface area contributed by atoms with Crippen LogP contribution < -0.4 is 0 Å². The summed E-state index contributed by atoms with van der Waals surface area (Å²) in [7, 11) is -3.78. The molecule has 19 heavy (non-hydrogen) atoms. The molecule has 0 saturated carbocycles. The zero-order valence-electron chi connectivity index (χ0n) is 10.9. The van der Waals surface area contributed by atoms with E-state index in [0.717, 1.165) is 9.87 Å². The minimum absolute atomic E-state index is 0.153. The third kappa shape index (κ3) is 2.56. The fourth-order valence-corrected chi connectivity index (χ4v) is 3.84. The van der Waals surface area contributed by atoms with Crippen LogP contribution in [0.2, 0.25) is 0 Å². The second-order valence-electron chi connectivity index (χ2n) is 4.70. The molecule has 0 radical (unpaired) electrons. The predicted molar refractivity (Wildman–Crippen MR) is 73.0 cm³/mol. The minimum Gasteiger partial charge on any atom is -0.274 e. The van der Waals surface area contributed by atoms with Gasteiger partial charge in [-0.3, -0.25) is 4.79 Å². The van der Waals surface area contributed by atoms with Crippen molar-refractivity contribution in [3.05, 3.63) is 42.5 Å². The number of hydrogen-bond acceptors (Lipinski definition) is 3. The van der Waals surface area contributed by atoms with Crippen molar-refractivity contribution in [1.82, 2.24) is 4.31 Å². The van der Waals surface area contributed by atoms with Crippen molar-refractivity contribution in [2.75, 3.05) is 0 Å². The van der Waals surface area contributed by atoms with E-state index in [1.807, 2.05) is 6.92 Å². The van der Waals surface area contributed by atoms with Crippen molar-refractivity contribution >= 4 is 15.9 Å². The molecular weight excluding hydrogens is 262 g/mol. The Balaban J connectivity index is 2.44. The largest absolute Gasteiger partial charge is 0.274 e. The smallest absolute Gasteiger partial charge is 0.267 e. The molecule has 1 aliphatic heterocycles. The number of aryl methyl sites for hydroxylation is 1. The molecule has 4 nitrogen and oxygen atoms in total. The summed E-state index contributed by atoms with van der Waals surface area (Å²) in [4.78, 5) is 12.1. The molecule has 1 fully saturated rings. The lowest BCUT2D eigenvalue weighted by Gasteiger charge is -2.32.